The Kier molecular flexibility index (Phi) is 4.44. The van der Waals surface area contributed by atoms with Crippen LogP contribution in [0.3, 0.4) is 0 Å². The zero-order valence-electron chi connectivity index (χ0n) is 10.7. The van der Waals surface area contributed by atoms with Gasteiger partial charge in [0.25, 0.3) is 0 Å². The lowest BCUT2D eigenvalue weighted by Gasteiger charge is -2.12. The average Bonchev–Trinajstić information content (AvgIpc) is 2.84. The molecule has 0 spiro atoms. The highest BCUT2D eigenvalue weighted by atomic mass is 32.2. The van der Waals surface area contributed by atoms with Crippen LogP contribution >= 0.6 is 11.8 Å². The Morgan fingerprint density at radius 3 is 2.94 bits per heavy atom. The number of benzene rings is 1. The van der Waals surface area contributed by atoms with Gasteiger partial charge in [0, 0.05) is 23.4 Å². The van der Waals surface area contributed by atoms with Gasteiger partial charge in [-0.1, -0.05) is 17.7 Å². The topological polar surface area (TPSA) is 38.0 Å². The third-order valence-corrected chi connectivity index (χ3v) is 3.86. The summed E-state index contributed by atoms with van der Waals surface area (Å²) in [7, 11) is 0. The van der Waals surface area contributed by atoms with Crippen molar-refractivity contribution in [2.75, 3.05) is 5.75 Å². The summed E-state index contributed by atoms with van der Waals surface area (Å²) in [4.78, 5) is 1.19. The fraction of sp³-hybridized carbons (Fsp3) is 0.357. The van der Waals surface area contributed by atoms with Crippen molar-refractivity contribution in [3.8, 4) is 0 Å². The van der Waals surface area contributed by atoms with E-state index in [1.54, 1.807) is 18.0 Å². The predicted octanol–water partition coefficient (Wildman–Crippen LogP) is 3.04. The Balaban J connectivity index is 1.98. The quantitative estimate of drug-likeness (QED) is 0.842. The van der Waals surface area contributed by atoms with E-state index in [4.69, 9.17) is 0 Å². The van der Waals surface area contributed by atoms with Gasteiger partial charge < -0.3 is 5.11 Å². The Labute approximate surface area is 112 Å². The molecule has 0 aliphatic carbocycles. The Morgan fingerprint density at radius 2 is 2.22 bits per heavy atom. The number of rotatable bonds is 5. The molecular weight excluding hydrogens is 244 g/mol. The number of aliphatic hydroxyl groups is 1. The predicted molar refractivity (Wildman–Crippen MR) is 74.8 cm³/mol. The summed E-state index contributed by atoms with van der Waals surface area (Å²) in [6.45, 7) is 4.89. The van der Waals surface area contributed by atoms with Crippen molar-refractivity contribution in [3.05, 3.63) is 47.8 Å². The molecule has 0 fully saturated rings. The molecule has 0 saturated carbocycles. The van der Waals surface area contributed by atoms with Gasteiger partial charge in [-0.2, -0.15) is 5.10 Å². The minimum atomic E-state index is -0.474. The molecule has 0 amide bonds. The highest BCUT2D eigenvalue weighted by molar-refractivity contribution is 7.99. The summed E-state index contributed by atoms with van der Waals surface area (Å²) in [6, 6.07) is 10.2. The largest absolute Gasteiger partial charge is 0.386 e. The van der Waals surface area contributed by atoms with Gasteiger partial charge in [0.05, 0.1) is 5.69 Å². The molecule has 0 saturated heterocycles. The molecule has 1 aromatic heterocycles. The molecule has 1 heterocycles. The van der Waals surface area contributed by atoms with E-state index < -0.39 is 6.10 Å². The standard InChI is InChI=1S/C14H18N2OS/c1-3-16-13(7-8-15-16)14(17)10-18-12-6-4-5-11(2)9-12/h4-9,14,17H,3,10H2,1-2H3. The second kappa shape index (κ2) is 6.07. The molecular formula is C14H18N2OS. The van der Waals surface area contributed by atoms with Gasteiger partial charge in [0.1, 0.15) is 6.10 Å². The summed E-state index contributed by atoms with van der Waals surface area (Å²) >= 11 is 1.67. The van der Waals surface area contributed by atoms with Crippen LogP contribution in [0.5, 0.6) is 0 Å². The molecule has 0 aliphatic heterocycles. The SMILES string of the molecule is CCn1nccc1C(O)CSc1cccc(C)c1. The van der Waals surface area contributed by atoms with E-state index >= 15 is 0 Å². The number of hydrogen-bond donors (Lipinski definition) is 1. The first-order valence-electron chi connectivity index (χ1n) is 6.10. The molecule has 3 nitrogen and oxygen atoms in total. The minimum absolute atomic E-state index is 0.474. The minimum Gasteiger partial charge on any atom is -0.386 e. The Bertz CT molecular complexity index is 510. The van der Waals surface area contributed by atoms with Crippen LogP contribution in [-0.4, -0.2) is 20.6 Å². The molecule has 2 rings (SSSR count). The maximum Gasteiger partial charge on any atom is 0.105 e. The van der Waals surface area contributed by atoms with Gasteiger partial charge in [-0.15, -0.1) is 11.8 Å². The molecule has 1 atom stereocenters. The van der Waals surface area contributed by atoms with E-state index in [9.17, 15) is 5.11 Å². The molecule has 0 bridgehead atoms. The number of aryl methyl sites for hydroxylation is 2. The monoisotopic (exact) mass is 262 g/mol. The van der Waals surface area contributed by atoms with Crippen molar-refractivity contribution in [3.63, 3.8) is 0 Å². The van der Waals surface area contributed by atoms with Gasteiger partial charge in [0.2, 0.25) is 0 Å². The summed E-state index contributed by atoms with van der Waals surface area (Å²) in [6.07, 6.45) is 1.26. The zero-order chi connectivity index (χ0) is 13.0. The first-order valence-corrected chi connectivity index (χ1v) is 7.08. The van der Waals surface area contributed by atoms with E-state index in [1.165, 1.54) is 10.5 Å². The van der Waals surface area contributed by atoms with Crippen LogP contribution in [0.1, 0.15) is 24.3 Å². The summed E-state index contributed by atoms with van der Waals surface area (Å²) in [5.41, 5.74) is 2.13. The van der Waals surface area contributed by atoms with E-state index in [1.807, 2.05) is 23.7 Å². The highest BCUT2D eigenvalue weighted by Gasteiger charge is 2.12. The van der Waals surface area contributed by atoms with E-state index in [-0.39, 0.29) is 0 Å². The smallest absolute Gasteiger partial charge is 0.105 e. The molecule has 4 heteroatoms. The van der Waals surface area contributed by atoms with Crippen molar-refractivity contribution < 1.29 is 5.11 Å². The number of aromatic nitrogens is 2. The summed E-state index contributed by atoms with van der Waals surface area (Å²) < 4.78 is 1.83. The molecule has 1 aromatic carbocycles. The number of hydrogen-bond acceptors (Lipinski definition) is 3. The van der Waals surface area contributed by atoms with Crippen molar-refractivity contribution in [1.82, 2.24) is 9.78 Å². The van der Waals surface area contributed by atoms with Gasteiger partial charge in [-0.25, -0.2) is 0 Å². The third-order valence-electron chi connectivity index (χ3n) is 2.79. The maximum atomic E-state index is 10.2. The highest BCUT2D eigenvalue weighted by Crippen LogP contribution is 2.25. The van der Waals surface area contributed by atoms with Crippen molar-refractivity contribution >= 4 is 11.8 Å². The van der Waals surface area contributed by atoms with Crippen LogP contribution in [0, 0.1) is 6.92 Å². The molecule has 0 radical (unpaired) electrons. The van der Waals surface area contributed by atoms with Gasteiger partial charge in [-0.05, 0) is 32.0 Å². The molecule has 1 unspecified atom stereocenters. The Hall–Kier alpha value is -1.26. The number of nitrogens with zero attached hydrogens (tertiary/aromatic N) is 2. The van der Waals surface area contributed by atoms with Crippen molar-refractivity contribution in [2.24, 2.45) is 0 Å². The fourth-order valence-corrected chi connectivity index (χ4v) is 2.82. The Morgan fingerprint density at radius 1 is 1.39 bits per heavy atom. The van der Waals surface area contributed by atoms with Crippen LogP contribution in [-0.2, 0) is 6.54 Å². The van der Waals surface area contributed by atoms with Gasteiger partial charge in [-0.3, -0.25) is 4.68 Å². The van der Waals surface area contributed by atoms with Gasteiger partial charge in [0.15, 0.2) is 0 Å². The van der Waals surface area contributed by atoms with Crippen LogP contribution in [0.25, 0.3) is 0 Å². The summed E-state index contributed by atoms with van der Waals surface area (Å²) in [5, 5.41) is 14.3. The molecule has 0 aliphatic rings. The van der Waals surface area contributed by atoms with Crippen LogP contribution in [0.15, 0.2) is 41.4 Å². The van der Waals surface area contributed by atoms with Gasteiger partial charge >= 0.3 is 0 Å². The molecule has 2 aromatic rings. The lowest BCUT2D eigenvalue weighted by atomic mass is 10.2. The third kappa shape index (κ3) is 3.15. The zero-order valence-corrected chi connectivity index (χ0v) is 11.5. The molecule has 18 heavy (non-hydrogen) atoms. The lowest BCUT2D eigenvalue weighted by molar-refractivity contribution is 0.192. The first kappa shape index (κ1) is 13.2. The van der Waals surface area contributed by atoms with Crippen LogP contribution in [0.4, 0.5) is 0 Å². The summed E-state index contributed by atoms with van der Waals surface area (Å²) in [5.74, 6) is 0.648. The first-order chi connectivity index (χ1) is 8.70. The molecule has 1 N–H and O–H groups in total. The second-order valence-corrected chi connectivity index (χ2v) is 5.31. The van der Waals surface area contributed by atoms with E-state index in [2.05, 4.69) is 30.2 Å². The normalized spacial score (nSPS) is 12.6. The second-order valence-electron chi connectivity index (χ2n) is 4.22. The lowest BCUT2D eigenvalue weighted by Crippen LogP contribution is -2.09. The average molecular weight is 262 g/mol. The fourth-order valence-electron chi connectivity index (χ4n) is 1.86. The number of thioether (sulfide) groups is 1. The van der Waals surface area contributed by atoms with Crippen molar-refractivity contribution in [2.45, 2.75) is 31.4 Å². The van der Waals surface area contributed by atoms with Crippen molar-refractivity contribution in [1.29, 1.82) is 0 Å². The van der Waals surface area contributed by atoms with E-state index in [0.717, 1.165) is 12.2 Å². The van der Waals surface area contributed by atoms with Crippen LogP contribution in [0.2, 0.25) is 0 Å². The van der Waals surface area contributed by atoms with E-state index in [0.29, 0.717) is 5.75 Å². The molecule has 96 valence electrons. The maximum absolute atomic E-state index is 10.2. The number of aliphatic hydroxyl groups excluding tert-OH is 1. The van der Waals surface area contributed by atoms with Crippen LogP contribution < -0.4 is 0 Å².